The maximum atomic E-state index is 12.3. The van der Waals surface area contributed by atoms with E-state index in [9.17, 15) is 9.90 Å². The second-order valence-corrected chi connectivity index (χ2v) is 5.17. The molecule has 6 nitrogen and oxygen atoms in total. The molecule has 0 unspecified atom stereocenters. The Morgan fingerprint density at radius 3 is 2.65 bits per heavy atom. The molecule has 0 saturated carbocycles. The number of aromatic nitrogens is 3. The van der Waals surface area contributed by atoms with Gasteiger partial charge < -0.3 is 10.0 Å². The Hall–Kier alpha value is -2.21. The molecule has 6 heteroatoms. The maximum Gasteiger partial charge on any atom is 0.253 e. The Morgan fingerprint density at radius 2 is 2.10 bits per heavy atom. The van der Waals surface area contributed by atoms with Crippen LogP contribution in [0.4, 0.5) is 0 Å². The van der Waals surface area contributed by atoms with E-state index in [1.165, 1.54) is 6.33 Å². The number of aromatic amines is 1. The monoisotopic (exact) mass is 272 g/mol. The van der Waals surface area contributed by atoms with Crippen molar-refractivity contribution in [3.8, 4) is 11.4 Å². The third-order valence-corrected chi connectivity index (χ3v) is 3.68. The molecule has 2 aromatic rings. The zero-order valence-corrected chi connectivity index (χ0v) is 11.2. The average molecular weight is 272 g/mol. The predicted molar refractivity (Wildman–Crippen MR) is 72.9 cm³/mol. The molecule has 20 heavy (non-hydrogen) atoms. The number of hydrogen-bond donors (Lipinski definition) is 2. The summed E-state index contributed by atoms with van der Waals surface area (Å²) in [7, 11) is 0. The topological polar surface area (TPSA) is 82.1 Å². The van der Waals surface area contributed by atoms with Crippen LogP contribution in [0.3, 0.4) is 0 Å². The number of rotatable bonds is 2. The summed E-state index contributed by atoms with van der Waals surface area (Å²) in [6.45, 7) is 2.96. The van der Waals surface area contributed by atoms with Crippen molar-refractivity contribution in [2.24, 2.45) is 5.92 Å². The molecule has 0 bridgehead atoms. The lowest BCUT2D eigenvalue weighted by molar-refractivity contribution is 0.0765. The van der Waals surface area contributed by atoms with Crippen LogP contribution in [0.5, 0.6) is 0 Å². The van der Waals surface area contributed by atoms with Gasteiger partial charge in [-0.2, -0.15) is 5.10 Å². The average Bonchev–Trinajstić information content (AvgIpc) is 3.09. The first-order chi connectivity index (χ1) is 9.65. The fourth-order valence-corrected chi connectivity index (χ4v) is 2.41. The van der Waals surface area contributed by atoms with Gasteiger partial charge in [-0.3, -0.25) is 9.89 Å². The van der Waals surface area contributed by atoms with Crippen molar-refractivity contribution in [2.45, 2.75) is 13.0 Å². The second-order valence-electron chi connectivity index (χ2n) is 5.17. The number of nitrogens with zero attached hydrogens (tertiary/aromatic N) is 3. The Balaban J connectivity index is 1.76. The molecule has 2 N–H and O–H groups in total. The standard InChI is InChI=1S/C14H16N4O2/c1-9-6-18(7-12(9)19)14(20)11-4-2-10(3-5-11)13-15-8-16-17-13/h2-5,8-9,12,19H,6-7H2,1H3,(H,15,16,17)/t9-,12-/m1/s1. The summed E-state index contributed by atoms with van der Waals surface area (Å²) < 4.78 is 0. The summed E-state index contributed by atoms with van der Waals surface area (Å²) >= 11 is 0. The van der Waals surface area contributed by atoms with Crippen LogP contribution in [-0.2, 0) is 0 Å². The van der Waals surface area contributed by atoms with Crippen LogP contribution in [0.15, 0.2) is 30.6 Å². The number of amides is 1. The first-order valence-corrected chi connectivity index (χ1v) is 6.58. The van der Waals surface area contributed by atoms with Crippen LogP contribution in [0.2, 0.25) is 0 Å². The lowest BCUT2D eigenvalue weighted by atomic mass is 10.1. The van der Waals surface area contributed by atoms with E-state index in [0.29, 0.717) is 24.5 Å². The molecule has 2 heterocycles. The third-order valence-electron chi connectivity index (χ3n) is 3.68. The largest absolute Gasteiger partial charge is 0.391 e. The number of carbonyl (C=O) groups is 1. The van der Waals surface area contributed by atoms with Crippen molar-refractivity contribution in [3.63, 3.8) is 0 Å². The van der Waals surface area contributed by atoms with E-state index in [-0.39, 0.29) is 11.8 Å². The Morgan fingerprint density at radius 1 is 1.35 bits per heavy atom. The Kier molecular flexibility index (Phi) is 3.23. The van der Waals surface area contributed by atoms with Crippen molar-refractivity contribution >= 4 is 5.91 Å². The van der Waals surface area contributed by atoms with Crippen LogP contribution in [-0.4, -0.2) is 50.3 Å². The summed E-state index contributed by atoms with van der Waals surface area (Å²) in [4.78, 5) is 18.1. The Labute approximate surface area is 116 Å². The van der Waals surface area contributed by atoms with E-state index in [1.54, 1.807) is 17.0 Å². The van der Waals surface area contributed by atoms with E-state index in [2.05, 4.69) is 15.2 Å². The normalized spacial score (nSPS) is 22.2. The lowest BCUT2D eigenvalue weighted by Crippen LogP contribution is -2.29. The number of likely N-dealkylation sites (tertiary alicyclic amines) is 1. The van der Waals surface area contributed by atoms with Crippen LogP contribution in [0.1, 0.15) is 17.3 Å². The van der Waals surface area contributed by atoms with Crippen molar-refractivity contribution in [1.29, 1.82) is 0 Å². The molecule has 1 aromatic carbocycles. The highest BCUT2D eigenvalue weighted by molar-refractivity contribution is 5.94. The van der Waals surface area contributed by atoms with Gasteiger partial charge in [0.05, 0.1) is 6.10 Å². The van der Waals surface area contributed by atoms with Crippen molar-refractivity contribution in [3.05, 3.63) is 36.2 Å². The summed E-state index contributed by atoms with van der Waals surface area (Å²) in [5, 5.41) is 16.3. The molecule has 0 spiro atoms. The highest BCUT2D eigenvalue weighted by Gasteiger charge is 2.31. The minimum atomic E-state index is -0.424. The molecule has 1 fully saturated rings. The Bertz CT molecular complexity index is 584. The quantitative estimate of drug-likeness (QED) is 0.852. The van der Waals surface area contributed by atoms with E-state index < -0.39 is 6.10 Å². The first kappa shape index (κ1) is 12.8. The van der Waals surface area contributed by atoms with Gasteiger partial charge in [0.25, 0.3) is 5.91 Å². The summed E-state index contributed by atoms with van der Waals surface area (Å²) in [6.07, 6.45) is 1.02. The van der Waals surface area contributed by atoms with E-state index in [1.807, 2.05) is 19.1 Å². The molecule has 104 valence electrons. The molecule has 1 saturated heterocycles. The van der Waals surface area contributed by atoms with Gasteiger partial charge in [-0.25, -0.2) is 4.98 Å². The third kappa shape index (κ3) is 2.30. The molecular formula is C14H16N4O2. The molecular weight excluding hydrogens is 256 g/mol. The van der Waals surface area contributed by atoms with E-state index in [0.717, 1.165) is 5.56 Å². The number of nitrogens with one attached hydrogen (secondary N) is 1. The van der Waals surface area contributed by atoms with Gasteiger partial charge in [0.1, 0.15) is 6.33 Å². The van der Waals surface area contributed by atoms with Gasteiger partial charge in [-0.05, 0) is 12.1 Å². The number of aliphatic hydroxyl groups excluding tert-OH is 1. The number of benzene rings is 1. The lowest BCUT2D eigenvalue weighted by Gasteiger charge is -2.15. The van der Waals surface area contributed by atoms with Crippen molar-refractivity contribution in [2.75, 3.05) is 13.1 Å². The number of H-pyrrole nitrogens is 1. The summed E-state index contributed by atoms with van der Waals surface area (Å²) in [5.74, 6) is 0.763. The van der Waals surface area contributed by atoms with Crippen molar-refractivity contribution in [1.82, 2.24) is 20.1 Å². The van der Waals surface area contributed by atoms with Crippen LogP contribution in [0.25, 0.3) is 11.4 Å². The van der Waals surface area contributed by atoms with Gasteiger partial charge in [-0.1, -0.05) is 19.1 Å². The van der Waals surface area contributed by atoms with Crippen LogP contribution < -0.4 is 0 Å². The van der Waals surface area contributed by atoms with Gasteiger partial charge >= 0.3 is 0 Å². The molecule has 1 aromatic heterocycles. The second kappa shape index (κ2) is 5.05. The molecule has 1 aliphatic rings. The van der Waals surface area contributed by atoms with Gasteiger partial charge in [0.2, 0.25) is 0 Å². The number of β-amino-alcohol motifs (C(OH)–C–C–N with tert-alkyl or cyclic N) is 1. The van der Waals surface area contributed by atoms with Crippen LogP contribution in [0, 0.1) is 5.92 Å². The molecule has 1 aliphatic heterocycles. The minimum Gasteiger partial charge on any atom is -0.391 e. The molecule has 2 atom stereocenters. The SMILES string of the molecule is C[C@@H]1CN(C(=O)c2ccc(-c3ncn[nH]3)cc2)C[C@H]1O. The van der Waals surface area contributed by atoms with Gasteiger partial charge in [0.15, 0.2) is 5.82 Å². The molecule has 0 radical (unpaired) electrons. The summed E-state index contributed by atoms with van der Waals surface area (Å²) in [5.41, 5.74) is 1.50. The van der Waals surface area contributed by atoms with Gasteiger partial charge in [0, 0.05) is 30.1 Å². The minimum absolute atomic E-state index is 0.0440. The van der Waals surface area contributed by atoms with Crippen LogP contribution >= 0.6 is 0 Å². The maximum absolute atomic E-state index is 12.3. The van der Waals surface area contributed by atoms with Gasteiger partial charge in [-0.15, -0.1) is 0 Å². The zero-order chi connectivity index (χ0) is 14.1. The van der Waals surface area contributed by atoms with Crippen molar-refractivity contribution < 1.29 is 9.90 Å². The number of hydrogen-bond acceptors (Lipinski definition) is 4. The van der Waals surface area contributed by atoms with E-state index >= 15 is 0 Å². The van der Waals surface area contributed by atoms with E-state index in [4.69, 9.17) is 0 Å². The number of aliphatic hydroxyl groups is 1. The molecule has 1 amide bonds. The predicted octanol–water partition coefficient (Wildman–Crippen LogP) is 0.924. The first-order valence-electron chi connectivity index (χ1n) is 6.58. The summed E-state index contributed by atoms with van der Waals surface area (Å²) in [6, 6.07) is 7.22. The highest BCUT2D eigenvalue weighted by Crippen LogP contribution is 2.20. The highest BCUT2D eigenvalue weighted by atomic mass is 16.3. The molecule has 0 aliphatic carbocycles. The molecule has 3 rings (SSSR count). The fraction of sp³-hybridized carbons (Fsp3) is 0.357. The fourth-order valence-electron chi connectivity index (χ4n) is 2.41. The zero-order valence-electron chi connectivity index (χ0n) is 11.2. The number of carbonyl (C=O) groups excluding carboxylic acids is 1. The smallest absolute Gasteiger partial charge is 0.253 e.